The van der Waals surface area contributed by atoms with E-state index in [9.17, 15) is 19.8 Å². The predicted molar refractivity (Wildman–Crippen MR) is 114 cm³/mol. The zero-order valence-electron chi connectivity index (χ0n) is 17.4. The fraction of sp³-hybridized carbons (Fsp3) is 0.500. The number of benzene rings is 1. The Bertz CT molecular complexity index is 754. The van der Waals surface area contributed by atoms with Gasteiger partial charge >= 0.3 is 5.97 Å². The Morgan fingerprint density at radius 3 is 2.80 bits per heavy atom. The molecule has 0 radical (unpaired) electrons. The molecule has 6 heteroatoms. The molecule has 0 spiro atoms. The number of ketones is 1. The summed E-state index contributed by atoms with van der Waals surface area (Å²) in [4.78, 5) is 22.8. The van der Waals surface area contributed by atoms with Crippen molar-refractivity contribution < 1.29 is 29.6 Å². The Morgan fingerprint density at radius 2 is 2.07 bits per heavy atom. The lowest BCUT2D eigenvalue weighted by Crippen LogP contribution is -2.19. The molecule has 1 aliphatic carbocycles. The van der Waals surface area contributed by atoms with Gasteiger partial charge in [-0.15, -0.1) is 0 Å². The molecule has 30 heavy (non-hydrogen) atoms. The Labute approximate surface area is 177 Å². The highest BCUT2D eigenvalue weighted by atomic mass is 16.5. The topological polar surface area (TPSA) is 104 Å². The van der Waals surface area contributed by atoms with Gasteiger partial charge in [-0.2, -0.15) is 0 Å². The van der Waals surface area contributed by atoms with Crippen LogP contribution in [0, 0.1) is 11.8 Å². The fourth-order valence-corrected chi connectivity index (χ4v) is 3.84. The molecule has 1 aliphatic rings. The smallest absolute Gasteiger partial charge is 0.303 e. The average molecular weight is 417 g/mol. The highest BCUT2D eigenvalue weighted by molar-refractivity contribution is 5.84. The molecule has 0 bridgehead atoms. The van der Waals surface area contributed by atoms with Crippen LogP contribution in [-0.2, 0) is 27.4 Å². The van der Waals surface area contributed by atoms with E-state index in [0.29, 0.717) is 32.3 Å². The summed E-state index contributed by atoms with van der Waals surface area (Å²) in [5.41, 5.74) is 2.03. The van der Waals surface area contributed by atoms with Gasteiger partial charge in [-0.25, -0.2) is 0 Å². The highest BCUT2D eigenvalue weighted by Crippen LogP contribution is 2.33. The number of hydrogen-bond acceptors (Lipinski definition) is 5. The van der Waals surface area contributed by atoms with Crippen LogP contribution in [0.4, 0.5) is 0 Å². The molecule has 0 heterocycles. The molecular weight excluding hydrogens is 384 g/mol. The van der Waals surface area contributed by atoms with Crippen LogP contribution in [0.15, 0.2) is 48.6 Å². The summed E-state index contributed by atoms with van der Waals surface area (Å²) in [6.07, 6.45) is 8.18. The summed E-state index contributed by atoms with van der Waals surface area (Å²) < 4.78 is 5.13. The number of carboxylic acid groups (broad SMARTS) is 1. The first-order valence-electron chi connectivity index (χ1n) is 10.4. The maximum absolute atomic E-state index is 12.3. The molecule has 1 fully saturated rings. The molecule has 0 unspecified atom stereocenters. The average Bonchev–Trinajstić information content (AvgIpc) is 2.95. The molecule has 0 aliphatic heterocycles. The Morgan fingerprint density at radius 1 is 1.30 bits per heavy atom. The van der Waals surface area contributed by atoms with Crippen LogP contribution in [0.1, 0.15) is 43.2 Å². The zero-order chi connectivity index (χ0) is 21.9. The van der Waals surface area contributed by atoms with Crippen molar-refractivity contribution in [2.45, 2.75) is 57.3 Å². The van der Waals surface area contributed by atoms with Gasteiger partial charge in [0.1, 0.15) is 5.78 Å². The first-order chi connectivity index (χ1) is 14.4. The molecule has 1 aromatic rings. The van der Waals surface area contributed by atoms with E-state index in [-0.39, 0.29) is 30.5 Å². The van der Waals surface area contributed by atoms with E-state index in [1.54, 1.807) is 19.3 Å². The van der Waals surface area contributed by atoms with Crippen LogP contribution in [0.25, 0.3) is 0 Å². The molecule has 1 saturated carbocycles. The van der Waals surface area contributed by atoms with Gasteiger partial charge in [0, 0.05) is 38.2 Å². The number of aliphatic carboxylic acids is 1. The summed E-state index contributed by atoms with van der Waals surface area (Å²) in [5, 5.41) is 29.3. The third-order valence-corrected chi connectivity index (χ3v) is 5.35. The van der Waals surface area contributed by atoms with Gasteiger partial charge in [0.25, 0.3) is 0 Å². The van der Waals surface area contributed by atoms with E-state index >= 15 is 0 Å². The number of hydrogen-bond donors (Lipinski definition) is 3. The van der Waals surface area contributed by atoms with Crippen LogP contribution in [-0.4, -0.2) is 46.4 Å². The second-order valence-corrected chi connectivity index (χ2v) is 7.82. The van der Waals surface area contributed by atoms with Crippen LogP contribution in [0.3, 0.4) is 0 Å². The molecular formula is C24H32O6. The number of unbranched alkanes of at least 4 members (excludes halogenated alkanes) is 1. The van der Waals surface area contributed by atoms with Crippen molar-refractivity contribution in [1.29, 1.82) is 0 Å². The Balaban J connectivity index is 1.90. The van der Waals surface area contributed by atoms with Crippen molar-refractivity contribution in [2.24, 2.45) is 11.8 Å². The van der Waals surface area contributed by atoms with E-state index in [0.717, 1.165) is 11.1 Å². The quantitative estimate of drug-likeness (QED) is 0.357. The normalized spacial score (nSPS) is 22.9. The van der Waals surface area contributed by atoms with Crippen LogP contribution in [0.2, 0.25) is 0 Å². The second kappa shape index (κ2) is 12.4. The number of carboxylic acids is 1. The van der Waals surface area contributed by atoms with Crippen molar-refractivity contribution in [3.05, 3.63) is 59.7 Å². The largest absolute Gasteiger partial charge is 0.481 e. The maximum Gasteiger partial charge on any atom is 0.303 e. The van der Waals surface area contributed by atoms with Crippen molar-refractivity contribution >= 4 is 11.8 Å². The van der Waals surface area contributed by atoms with Crippen molar-refractivity contribution in [2.75, 3.05) is 7.11 Å². The van der Waals surface area contributed by atoms with Crippen LogP contribution < -0.4 is 0 Å². The molecule has 4 atom stereocenters. The predicted octanol–water partition coefficient (Wildman–Crippen LogP) is 3.06. The van der Waals surface area contributed by atoms with Crippen molar-refractivity contribution in [3.63, 3.8) is 0 Å². The fourth-order valence-electron chi connectivity index (χ4n) is 3.84. The Kier molecular flexibility index (Phi) is 9.94. The first kappa shape index (κ1) is 24.0. The zero-order valence-corrected chi connectivity index (χ0v) is 17.4. The number of carbonyl (C=O) groups excluding carboxylic acids is 1. The van der Waals surface area contributed by atoms with E-state index in [1.165, 1.54) is 0 Å². The monoisotopic (exact) mass is 416 g/mol. The third kappa shape index (κ3) is 7.86. The van der Waals surface area contributed by atoms with Gasteiger partial charge in [-0.05, 0) is 30.4 Å². The van der Waals surface area contributed by atoms with Gasteiger partial charge in [-0.3, -0.25) is 9.59 Å². The summed E-state index contributed by atoms with van der Waals surface area (Å²) in [5.74, 6) is -1.43. The lowest BCUT2D eigenvalue weighted by molar-refractivity contribution is -0.137. The van der Waals surface area contributed by atoms with Gasteiger partial charge in [0.15, 0.2) is 0 Å². The Hall–Kier alpha value is -2.28. The standard InChI is InChI=1S/C24H32O6/c1-30-16-18-8-6-7-17(13-18)14-19(25)11-12-21-20(22(26)15-23(21)27)9-4-2-3-5-10-24(28)29/h2,4,6-8,11-13,19-21,23,25,27H,3,5,9-10,14-16H2,1H3,(H,28,29)/t19-,20+,21+,23+/m0/s1. The van der Waals surface area contributed by atoms with E-state index < -0.39 is 18.2 Å². The third-order valence-electron chi connectivity index (χ3n) is 5.35. The van der Waals surface area contributed by atoms with E-state index in [4.69, 9.17) is 9.84 Å². The van der Waals surface area contributed by atoms with Gasteiger partial charge in [0.2, 0.25) is 0 Å². The van der Waals surface area contributed by atoms with Crippen molar-refractivity contribution in [1.82, 2.24) is 0 Å². The summed E-state index contributed by atoms with van der Waals surface area (Å²) in [7, 11) is 1.64. The minimum Gasteiger partial charge on any atom is -0.481 e. The number of Topliss-reactive ketones (excluding diaryl/α,β-unsaturated/α-hetero) is 1. The number of methoxy groups -OCH3 is 1. The van der Waals surface area contributed by atoms with Gasteiger partial charge in [0.05, 0.1) is 18.8 Å². The lowest BCUT2D eigenvalue weighted by Gasteiger charge is -2.17. The molecule has 1 aromatic carbocycles. The van der Waals surface area contributed by atoms with Crippen molar-refractivity contribution in [3.8, 4) is 0 Å². The van der Waals surface area contributed by atoms with Gasteiger partial charge < -0.3 is 20.1 Å². The highest BCUT2D eigenvalue weighted by Gasteiger charge is 2.39. The molecule has 0 saturated heterocycles. The molecule has 164 valence electrons. The minimum atomic E-state index is -0.813. The summed E-state index contributed by atoms with van der Waals surface area (Å²) in [6, 6.07) is 7.84. The number of aliphatic hydroxyl groups excluding tert-OH is 2. The van der Waals surface area contributed by atoms with Crippen LogP contribution in [0.5, 0.6) is 0 Å². The molecule has 2 rings (SSSR count). The van der Waals surface area contributed by atoms with E-state index in [1.807, 2.05) is 36.4 Å². The number of ether oxygens (including phenoxy) is 1. The first-order valence-corrected chi connectivity index (χ1v) is 10.4. The summed E-state index contributed by atoms with van der Waals surface area (Å²) in [6.45, 7) is 0.516. The number of aliphatic hydroxyl groups is 2. The van der Waals surface area contributed by atoms with Crippen LogP contribution >= 0.6 is 0 Å². The van der Waals surface area contributed by atoms with E-state index in [2.05, 4.69) is 0 Å². The summed E-state index contributed by atoms with van der Waals surface area (Å²) >= 11 is 0. The maximum atomic E-state index is 12.3. The molecule has 3 N–H and O–H groups in total. The number of rotatable bonds is 12. The minimum absolute atomic E-state index is 0.0223. The molecule has 6 nitrogen and oxygen atoms in total. The molecule has 0 amide bonds. The lowest BCUT2D eigenvalue weighted by atomic mass is 9.90. The second-order valence-electron chi connectivity index (χ2n) is 7.82. The SMILES string of the molecule is COCc1cccc(C[C@@H](O)C=C[C@H]2[C@H](O)CC(=O)[C@@H]2CC=CCCCC(=O)O)c1. The molecule has 0 aromatic heterocycles. The number of carbonyl (C=O) groups is 2. The number of allylic oxidation sites excluding steroid dienone is 2. The van der Waals surface area contributed by atoms with Gasteiger partial charge in [-0.1, -0.05) is 48.6 Å².